The second-order valence-electron chi connectivity index (χ2n) is 6.81. The van der Waals surface area contributed by atoms with Gasteiger partial charge in [0.05, 0.1) is 29.8 Å². The first-order valence-electron chi connectivity index (χ1n) is 9.53. The Balaban J connectivity index is 1.99. The molecule has 2 aromatic rings. The third kappa shape index (κ3) is 4.80. The van der Waals surface area contributed by atoms with Crippen LogP contribution in [0.1, 0.15) is 38.3 Å². The van der Waals surface area contributed by atoms with Crippen LogP contribution in [0.25, 0.3) is 0 Å². The number of alkyl halides is 3. The molecule has 0 atom stereocenters. The van der Waals surface area contributed by atoms with Gasteiger partial charge in [-0.1, -0.05) is 12.1 Å². The van der Waals surface area contributed by atoms with Gasteiger partial charge in [0.1, 0.15) is 11.5 Å². The largest absolute Gasteiger partial charge is 0.507 e. The number of esters is 2. The lowest BCUT2D eigenvalue weighted by molar-refractivity contribution is -0.189. The molecule has 0 amide bonds. The summed E-state index contributed by atoms with van der Waals surface area (Å²) in [5.74, 6) is -6.17. The monoisotopic (exact) mass is 466 g/mol. The number of halogens is 3. The highest BCUT2D eigenvalue weighted by Crippen LogP contribution is 2.40. The van der Waals surface area contributed by atoms with Crippen LogP contribution in [0.15, 0.2) is 30.3 Å². The van der Waals surface area contributed by atoms with Crippen molar-refractivity contribution < 1.29 is 46.9 Å². The van der Waals surface area contributed by atoms with E-state index in [1.165, 1.54) is 24.3 Å². The molecule has 174 valence electrons. The zero-order chi connectivity index (χ0) is 24.3. The fourth-order valence-corrected chi connectivity index (χ4v) is 3.20. The first-order valence-corrected chi connectivity index (χ1v) is 9.53. The standard InChI is InChI=1S/C21H17F3N2O7/c22-21(23,24)20(31)33-13-6-5-11(26-7-2-8-32-14(28)9-25)16-17(13)18(29)10-3-1-4-12(27)15(10)19(16)30/h1,3-6,26-27H,2,7-9,25H2. The van der Waals surface area contributed by atoms with E-state index in [1.807, 2.05) is 0 Å². The van der Waals surface area contributed by atoms with Crippen molar-refractivity contribution in [2.75, 3.05) is 25.0 Å². The Hall–Kier alpha value is -3.93. The minimum Gasteiger partial charge on any atom is -0.507 e. The number of aromatic hydroxyl groups is 1. The summed E-state index contributed by atoms with van der Waals surface area (Å²) in [6.07, 6.45) is -5.06. The van der Waals surface area contributed by atoms with Crippen molar-refractivity contribution in [1.82, 2.24) is 0 Å². The summed E-state index contributed by atoms with van der Waals surface area (Å²) >= 11 is 0. The predicted octanol–water partition coefficient (Wildman–Crippen LogP) is 1.94. The molecule has 0 spiro atoms. The van der Waals surface area contributed by atoms with E-state index in [0.717, 1.165) is 6.07 Å². The Bertz CT molecular complexity index is 1150. The lowest BCUT2D eigenvalue weighted by Gasteiger charge is -2.23. The average Bonchev–Trinajstić information content (AvgIpc) is 2.76. The van der Waals surface area contributed by atoms with Gasteiger partial charge in [-0.15, -0.1) is 0 Å². The van der Waals surface area contributed by atoms with Gasteiger partial charge in [0.25, 0.3) is 0 Å². The summed E-state index contributed by atoms with van der Waals surface area (Å²) in [6, 6.07) is 5.81. The van der Waals surface area contributed by atoms with Crippen LogP contribution in [0.3, 0.4) is 0 Å². The third-order valence-electron chi connectivity index (χ3n) is 4.64. The van der Waals surface area contributed by atoms with Gasteiger partial charge < -0.3 is 25.6 Å². The number of fused-ring (bicyclic) bond motifs is 2. The number of hydrogen-bond donors (Lipinski definition) is 3. The lowest BCUT2D eigenvalue weighted by Crippen LogP contribution is -2.30. The summed E-state index contributed by atoms with van der Waals surface area (Å²) < 4.78 is 47.4. The molecular formula is C21H17F3N2O7. The molecule has 0 heterocycles. The number of nitrogens with one attached hydrogen (secondary N) is 1. The molecule has 33 heavy (non-hydrogen) atoms. The Morgan fingerprint density at radius 3 is 2.42 bits per heavy atom. The Kier molecular flexibility index (Phi) is 6.68. The number of phenolic OH excluding ortho intramolecular Hbond substituents is 1. The van der Waals surface area contributed by atoms with Crippen LogP contribution in [-0.2, 0) is 14.3 Å². The number of carbonyl (C=O) groups excluding carboxylic acids is 4. The molecule has 2 aromatic carbocycles. The van der Waals surface area contributed by atoms with Gasteiger partial charge in [0, 0.05) is 17.8 Å². The molecule has 0 saturated carbocycles. The number of rotatable bonds is 7. The van der Waals surface area contributed by atoms with Crippen LogP contribution in [0.4, 0.5) is 18.9 Å². The smallest absolute Gasteiger partial charge is 0.491 e. The van der Waals surface area contributed by atoms with E-state index in [4.69, 9.17) is 10.5 Å². The topological polar surface area (TPSA) is 145 Å². The van der Waals surface area contributed by atoms with Crippen LogP contribution >= 0.6 is 0 Å². The fraction of sp³-hybridized carbons (Fsp3) is 0.238. The molecule has 9 nitrogen and oxygen atoms in total. The second-order valence-corrected chi connectivity index (χ2v) is 6.81. The number of anilines is 1. The molecule has 0 aromatic heterocycles. The number of carbonyl (C=O) groups is 4. The van der Waals surface area contributed by atoms with Crippen LogP contribution in [0, 0.1) is 0 Å². The molecule has 3 rings (SSSR count). The van der Waals surface area contributed by atoms with Gasteiger partial charge in [0.2, 0.25) is 0 Å². The number of hydrogen-bond acceptors (Lipinski definition) is 9. The highest BCUT2D eigenvalue weighted by Gasteiger charge is 2.43. The number of phenols is 1. The maximum atomic E-state index is 13.1. The normalized spacial score (nSPS) is 12.6. The zero-order valence-electron chi connectivity index (χ0n) is 16.8. The van der Waals surface area contributed by atoms with Gasteiger partial charge in [-0.05, 0) is 24.6 Å². The van der Waals surface area contributed by atoms with Gasteiger partial charge in [-0.2, -0.15) is 13.2 Å². The SMILES string of the molecule is NCC(=O)OCCCNc1ccc(OC(=O)C(F)(F)F)c2c1C(=O)c1c(O)cccc1C2=O. The Morgan fingerprint density at radius 1 is 1.03 bits per heavy atom. The molecule has 0 aliphatic heterocycles. The van der Waals surface area contributed by atoms with Crippen molar-refractivity contribution >= 4 is 29.2 Å². The van der Waals surface area contributed by atoms with Crippen molar-refractivity contribution in [2.24, 2.45) is 5.73 Å². The highest BCUT2D eigenvalue weighted by molar-refractivity contribution is 6.32. The quantitative estimate of drug-likeness (QED) is 0.270. The molecule has 0 saturated heterocycles. The van der Waals surface area contributed by atoms with E-state index in [9.17, 15) is 37.5 Å². The molecular weight excluding hydrogens is 449 g/mol. The number of nitrogens with two attached hydrogens (primary N) is 1. The summed E-state index contributed by atoms with van der Waals surface area (Å²) in [4.78, 5) is 48.6. The molecule has 0 fully saturated rings. The van der Waals surface area contributed by atoms with Crippen molar-refractivity contribution in [3.63, 3.8) is 0 Å². The minimum atomic E-state index is -5.33. The molecule has 0 radical (unpaired) electrons. The van der Waals surface area contributed by atoms with Crippen LogP contribution in [0.2, 0.25) is 0 Å². The highest BCUT2D eigenvalue weighted by atomic mass is 19.4. The summed E-state index contributed by atoms with van der Waals surface area (Å²) in [7, 11) is 0. The fourth-order valence-electron chi connectivity index (χ4n) is 3.20. The number of ketones is 2. The van der Waals surface area contributed by atoms with E-state index < -0.39 is 46.7 Å². The van der Waals surface area contributed by atoms with E-state index >= 15 is 0 Å². The second kappa shape index (κ2) is 9.28. The zero-order valence-corrected chi connectivity index (χ0v) is 16.8. The average molecular weight is 466 g/mol. The van der Waals surface area contributed by atoms with E-state index in [-0.39, 0.29) is 48.5 Å². The van der Waals surface area contributed by atoms with E-state index in [1.54, 1.807) is 0 Å². The van der Waals surface area contributed by atoms with Crippen molar-refractivity contribution in [3.8, 4) is 11.5 Å². The lowest BCUT2D eigenvalue weighted by atomic mass is 9.82. The maximum Gasteiger partial charge on any atom is 0.491 e. The van der Waals surface area contributed by atoms with Gasteiger partial charge in [-0.25, -0.2) is 4.79 Å². The molecule has 1 aliphatic carbocycles. The van der Waals surface area contributed by atoms with Crippen LogP contribution in [-0.4, -0.2) is 54.5 Å². The Labute approximate surface area is 184 Å². The van der Waals surface area contributed by atoms with E-state index in [0.29, 0.717) is 0 Å². The molecule has 0 bridgehead atoms. The van der Waals surface area contributed by atoms with Crippen molar-refractivity contribution in [1.29, 1.82) is 0 Å². The first-order chi connectivity index (χ1) is 15.6. The van der Waals surface area contributed by atoms with Crippen molar-refractivity contribution in [2.45, 2.75) is 12.6 Å². The minimum absolute atomic E-state index is 0.00298. The maximum absolute atomic E-state index is 13.1. The van der Waals surface area contributed by atoms with E-state index in [2.05, 4.69) is 10.1 Å². The van der Waals surface area contributed by atoms with Gasteiger partial charge >= 0.3 is 18.1 Å². The molecule has 12 heteroatoms. The summed E-state index contributed by atoms with van der Waals surface area (Å²) in [6.45, 7) is -0.150. The van der Waals surface area contributed by atoms with Crippen molar-refractivity contribution in [3.05, 3.63) is 52.6 Å². The van der Waals surface area contributed by atoms with Gasteiger partial charge in [0.15, 0.2) is 11.6 Å². The molecule has 1 aliphatic rings. The number of benzene rings is 2. The predicted molar refractivity (Wildman–Crippen MR) is 106 cm³/mol. The first kappa shape index (κ1) is 23.7. The van der Waals surface area contributed by atoms with Crippen LogP contribution < -0.4 is 15.8 Å². The molecule has 0 unspecified atom stereocenters. The summed E-state index contributed by atoms with van der Waals surface area (Å²) in [5, 5.41) is 13.0. The summed E-state index contributed by atoms with van der Waals surface area (Å²) in [5.41, 5.74) is 3.69. The van der Waals surface area contributed by atoms with Gasteiger partial charge in [-0.3, -0.25) is 14.4 Å². The number of ether oxygens (including phenoxy) is 2. The van der Waals surface area contributed by atoms with Crippen LogP contribution in [0.5, 0.6) is 11.5 Å². The Morgan fingerprint density at radius 2 is 1.76 bits per heavy atom. The third-order valence-corrected chi connectivity index (χ3v) is 4.64. The molecule has 4 N–H and O–H groups in total.